The lowest BCUT2D eigenvalue weighted by Crippen LogP contribution is -2.58. The van der Waals surface area contributed by atoms with Crippen molar-refractivity contribution in [2.45, 2.75) is 95.5 Å². The SMILES string of the molecule is CCCC(NC(=O)C1CC(O)CN1C(=O)C(NC(=O)OCC)C1CCCCC1)C(=O)C(=O)NCC(=O)NC(C(=O)O)c1ccccc1. The molecule has 15 nitrogen and oxygen atoms in total. The fourth-order valence-corrected chi connectivity index (χ4v) is 6.01. The zero-order chi connectivity index (χ0) is 34.5. The number of ether oxygens (including phenoxy) is 1. The highest BCUT2D eigenvalue weighted by Gasteiger charge is 2.44. The Balaban J connectivity index is 1.66. The van der Waals surface area contributed by atoms with Crippen LogP contribution in [0.5, 0.6) is 0 Å². The third kappa shape index (κ3) is 10.5. The maximum Gasteiger partial charge on any atom is 0.407 e. The molecule has 0 spiro atoms. The molecule has 3 rings (SSSR count). The molecular formula is C32H45N5O10. The smallest absolute Gasteiger partial charge is 0.407 e. The predicted molar refractivity (Wildman–Crippen MR) is 166 cm³/mol. The fraction of sp³-hybridized carbons (Fsp3) is 0.594. The minimum absolute atomic E-state index is 0.0671. The van der Waals surface area contributed by atoms with E-state index in [1.165, 1.54) is 17.0 Å². The van der Waals surface area contributed by atoms with Crippen LogP contribution in [0.1, 0.15) is 76.8 Å². The number of carbonyl (C=O) groups is 7. The van der Waals surface area contributed by atoms with E-state index in [0.29, 0.717) is 24.8 Å². The maximum absolute atomic E-state index is 13.8. The molecule has 2 fully saturated rings. The first-order valence-electron chi connectivity index (χ1n) is 16.1. The Morgan fingerprint density at radius 2 is 1.64 bits per heavy atom. The molecule has 5 unspecified atom stereocenters. The second-order valence-electron chi connectivity index (χ2n) is 11.8. The predicted octanol–water partition coefficient (Wildman–Crippen LogP) is 0.556. The van der Waals surface area contributed by atoms with Crippen LogP contribution in [0.15, 0.2) is 30.3 Å². The monoisotopic (exact) mass is 659 g/mol. The minimum atomic E-state index is -1.37. The number of amides is 5. The summed E-state index contributed by atoms with van der Waals surface area (Å²) in [6.45, 7) is 2.62. The van der Waals surface area contributed by atoms with Crippen molar-refractivity contribution in [2.75, 3.05) is 19.7 Å². The van der Waals surface area contributed by atoms with Gasteiger partial charge in [0.05, 0.1) is 25.3 Å². The number of ketones is 1. The van der Waals surface area contributed by atoms with Gasteiger partial charge in [0.25, 0.3) is 5.91 Å². The summed E-state index contributed by atoms with van der Waals surface area (Å²) in [5.41, 5.74) is 0.313. The molecule has 1 heterocycles. The Bertz CT molecular complexity index is 1290. The van der Waals surface area contributed by atoms with Gasteiger partial charge in [0.1, 0.15) is 12.1 Å². The van der Waals surface area contributed by atoms with Crippen LogP contribution in [0.4, 0.5) is 4.79 Å². The lowest BCUT2D eigenvalue weighted by Gasteiger charge is -2.34. The molecule has 6 N–H and O–H groups in total. The molecule has 1 aromatic carbocycles. The highest BCUT2D eigenvalue weighted by Crippen LogP contribution is 2.29. The van der Waals surface area contributed by atoms with Crippen LogP contribution >= 0.6 is 0 Å². The second kappa shape index (κ2) is 18.0. The van der Waals surface area contributed by atoms with Crippen molar-refractivity contribution in [3.8, 4) is 0 Å². The number of aliphatic carboxylic acids is 1. The van der Waals surface area contributed by atoms with Crippen molar-refractivity contribution in [3.05, 3.63) is 35.9 Å². The highest BCUT2D eigenvalue weighted by atomic mass is 16.5. The summed E-state index contributed by atoms with van der Waals surface area (Å²) in [7, 11) is 0. The normalized spacial score (nSPS) is 19.9. The Labute approximate surface area is 273 Å². The molecule has 2 aliphatic rings. The van der Waals surface area contributed by atoms with Gasteiger partial charge in [-0.15, -0.1) is 0 Å². The van der Waals surface area contributed by atoms with E-state index in [4.69, 9.17) is 4.74 Å². The van der Waals surface area contributed by atoms with Crippen LogP contribution < -0.4 is 21.3 Å². The van der Waals surface area contributed by atoms with E-state index < -0.39 is 78.3 Å². The molecule has 1 saturated heterocycles. The van der Waals surface area contributed by atoms with Gasteiger partial charge >= 0.3 is 12.1 Å². The van der Waals surface area contributed by atoms with Crippen LogP contribution in [0, 0.1) is 5.92 Å². The average molecular weight is 660 g/mol. The number of aliphatic hydroxyl groups is 1. The summed E-state index contributed by atoms with van der Waals surface area (Å²) in [6.07, 6.45) is 2.71. The zero-order valence-corrected chi connectivity index (χ0v) is 26.7. The molecule has 47 heavy (non-hydrogen) atoms. The first-order chi connectivity index (χ1) is 22.5. The van der Waals surface area contributed by atoms with Crippen molar-refractivity contribution in [1.29, 1.82) is 0 Å². The molecule has 1 aliphatic heterocycles. The van der Waals surface area contributed by atoms with Gasteiger partial charge in [0.15, 0.2) is 6.04 Å². The first-order valence-corrected chi connectivity index (χ1v) is 16.1. The zero-order valence-electron chi connectivity index (χ0n) is 26.7. The number of aliphatic hydroxyl groups excluding tert-OH is 1. The van der Waals surface area contributed by atoms with Gasteiger partial charge in [-0.2, -0.15) is 0 Å². The standard InChI is InChI=1S/C32H45N5O10/c1-3-11-22(27(40)29(42)33-17-24(39)35-26(31(44)45)20-14-9-6-10-15-20)34-28(41)23-16-21(38)18-37(23)30(43)25(36-32(46)47-4-2)19-12-7-5-8-13-19/h6,9-10,14-15,19,21-23,25-26,38H,3-5,7-8,11-13,16-18H2,1-2H3,(H,33,42)(H,34,41)(H,35,39)(H,36,46)(H,44,45). The molecule has 1 aromatic rings. The number of benzene rings is 1. The summed E-state index contributed by atoms with van der Waals surface area (Å²) in [5, 5.41) is 29.6. The average Bonchev–Trinajstić information content (AvgIpc) is 3.46. The van der Waals surface area contributed by atoms with Gasteiger partial charge in [-0.25, -0.2) is 9.59 Å². The molecule has 1 aliphatic carbocycles. The minimum Gasteiger partial charge on any atom is -0.479 e. The van der Waals surface area contributed by atoms with Crippen molar-refractivity contribution < 1.29 is 48.5 Å². The molecule has 258 valence electrons. The summed E-state index contributed by atoms with van der Waals surface area (Å²) in [4.78, 5) is 90.8. The largest absolute Gasteiger partial charge is 0.479 e. The first kappa shape index (κ1) is 36.9. The summed E-state index contributed by atoms with van der Waals surface area (Å²) < 4.78 is 5.01. The van der Waals surface area contributed by atoms with E-state index in [0.717, 1.165) is 19.3 Å². The number of rotatable bonds is 15. The molecule has 15 heteroatoms. The van der Waals surface area contributed by atoms with Crippen molar-refractivity contribution in [3.63, 3.8) is 0 Å². The van der Waals surface area contributed by atoms with Gasteiger partial charge < -0.3 is 41.1 Å². The number of hydrogen-bond acceptors (Lipinski definition) is 9. The van der Waals surface area contributed by atoms with Crippen LogP contribution in [0.2, 0.25) is 0 Å². The molecule has 5 atom stereocenters. The lowest BCUT2D eigenvalue weighted by atomic mass is 9.83. The Kier molecular flexibility index (Phi) is 14.1. The number of hydrogen-bond donors (Lipinski definition) is 6. The van der Waals surface area contributed by atoms with E-state index >= 15 is 0 Å². The molecule has 0 bridgehead atoms. The molecule has 0 radical (unpaired) electrons. The van der Waals surface area contributed by atoms with Crippen LogP contribution in [0.3, 0.4) is 0 Å². The van der Waals surface area contributed by atoms with E-state index in [1.54, 1.807) is 32.0 Å². The summed E-state index contributed by atoms with van der Waals surface area (Å²) >= 11 is 0. The topological polar surface area (TPSA) is 221 Å². The summed E-state index contributed by atoms with van der Waals surface area (Å²) in [6, 6.07) is 3.13. The van der Waals surface area contributed by atoms with Gasteiger partial charge in [-0.1, -0.05) is 62.9 Å². The molecule has 5 amide bonds. The van der Waals surface area contributed by atoms with Crippen LogP contribution in [-0.4, -0.2) is 101 Å². The van der Waals surface area contributed by atoms with Gasteiger partial charge in [0, 0.05) is 13.0 Å². The van der Waals surface area contributed by atoms with E-state index in [-0.39, 0.29) is 31.9 Å². The fourth-order valence-electron chi connectivity index (χ4n) is 6.01. The number of nitrogens with zero attached hydrogens (tertiary/aromatic N) is 1. The van der Waals surface area contributed by atoms with Crippen molar-refractivity contribution in [2.24, 2.45) is 5.92 Å². The number of Topliss-reactive ketones (excluding diaryl/α,β-unsaturated/α-hetero) is 1. The molecule has 1 saturated carbocycles. The third-order valence-corrected chi connectivity index (χ3v) is 8.33. The number of β-amino-alcohol motifs (C(OH)–C–C–N with tert-alkyl or cyclic N) is 1. The maximum atomic E-state index is 13.8. The number of carbonyl (C=O) groups excluding carboxylic acids is 6. The number of nitrogens with one attached hydrogen (secondary N) is 4. The Morgan fingerprint density at radius 1 is 0.957 bits per heavy atom. The highest BCUT2D eigenvalue weighted by molar-refractivity contribution is 6.38. The third-order valence-electron chi connectivity index (χ3n) is 8.33. The Hall–Kier alpha value is -4.53. The van der Waals surface area contributed by atoms with Gasteiger partial charge in [-0.3, -0.25) is 24.0 Å². The van der Waals surface area contributed by atoms with E-state index in [9.17, 15) is 43.8 Å². The van der Waals surface area contributed by atoms with Crippen molar-refractivity contribution >= 4 is 41.5 Å². The second-order valence-corrected chi connectivity index (χ2v) is 11.8. The number of carboxylic acid groups (broad SMARTS) is 1. The molecular weight excluding hydrogens is 614 g/mol. The lowest BCUT2D eigenvalue weighted by molar-refractivity contribution is -0.144. The van der Waals surface area contributed by atoms with E-state index in [1.807, 2.05) is 0 Å². The summed E-state index contributed by atoms with van der Waals surface area (Å²) in [5.74, 6) is -5.85. The van der Waals surface area contributed by atoms with Gasteiger partial charge in [0.2, 0.25) is 23.5 Å². The van der Waals surface area contributed by atoms with Crippen LogP contribution in [0.25, 0.3) is 0 Å². The quantitative estimate of drug-likeness (QED) is 0.144. The van der Waals surface area contributed by atoms with Gasteiger partial charge in [-0.05, 0) is 37.7 Å². The number of likely N-dealkylation sites (tertiary alicyclic amines) is 1. The van der Waals surface area contributed by atoms with E-state index in [2.05, 4.69) is 21.3 Å². The van der Waals surface area contributed by atoms with Crippen LogP contribution in [-0.2, 0) is 33.5 Å². The van der Waals surface area contributed by atoms with Crippen molar-refractivity contribution in [1.82, 2.24) is 26.2 Å². The number of alkyl carbamates (subject to hydrolysis) is 1. The molecule has 0 aromatic heterocycles. The Morgan fingerprint density at radius 3 is 2.26 bits per heavy atom. The number of carboxylic acids is 1.